The monoisotopic (exact) mass is 800 g/mol. The maximum Gasteiger partial charge on any atom is -1.00 e. The third-order valence-electron chi connectivity index (χ3n) is 10.3. The molecule has 2 aliphatic rings. The minimum atomic E-state index is -2.38. The van der Waals surface area contributed by atoms with Gasteiger partial charge in [0.2, 0.25) is 0 Å². The number of allylic oxidation sites excluding steroid dienone is 2. The number of hydrogen-bond donors (Lipinski definition) is 0. The number of fused-ring (bicyclic) bond motifs is 2. The van der Waals surface area contributed by atoms with E-state index in [1.54, 1.807) is 22.3 Å². The van der Waals surface area contributed by atoms with E-state index in [0.29, 0.717) is 7.25 Å². The molecular formula is C44H52Cl2O2SiZr. The van der Waals surface area contributed by atoms with Crippen LogP contribution in [0.25, 0.3) is 34.4 Å². The molecule has 0 radical (unpaired) electrons. The summed E-state index contributed by atoms with van der Waals surface area (Å²) < 4.78 is 13.7. The first kappa shape index (κ1) is 40.4. The molecule has 0 bridgehead atoms. The number of halogens is 2. The summed E-state index contributed by atoms with van der Waals surface area (Å²) in [6.07, 6.45) is 5.06. The summed E-state index contributed by atoms with van der Waals surface area (Å²) in [6.45, 7) is 24.1. The average Bonchev–Trinajstić information content (AvgIpc) is 3.54. The summed E-state index contributed by atoms with van der Waals surface area (Å²) in [4.78, 5) is 0. The van der Waals surface area contributed by atoms with E-state index in [4.69, 9.17) is 9.47 Å². The van der Waals surface area contributed by atoms with Crippen molar-refractivity contribution in [1.82, 2.24) is 0 Å². The average molecular weight is 803 g/mol. The van der Waals surface area contributed by atoms with E-state index in [0.717, 1.165) is 11.5 Å². The molecule has 0 aliphatic heterocycles. The predicted molar refractivity (Wildman–Crippen MR) is 205 cm³/mol. The Labute approximate surface area is 321 Å². The quantitative estimate of drug-likeness (QED) is 0.219. The van der Waals surface area contributed by atoms with Crippen molar-refractivity contribution in [3.63, 3.8) is 0 Å². The van der Waals surface area contributed by atoms with E-state index < -0.39 is 25.8 Å². The zero-order valence-corrected chi connectivity index (χ0v) is 36.8. The summed E-state index contributed by atoms with van der Waals surface area (Å²) in [7, 11) is 3.70. The first-order valence-corrected chi connectivity index (χ1v) is 26.4. The van der Waals surface area contributed by atoms with Gasteiger partial charge in [0.05, 0.1) is 0 Å². The van der Waals surface area contributed by atoms with Crippen LogP contribution >= 0.6 is 0 Å². The van der Waals surface area contributed by atoms with Gasteiger partial charge in [-0.25, -0.2) is 0 Å². The zero-order chi connectivity index (χ0) is 34.7. The third kappa shape index (κ3) is 7.04. The minimum absolute atomic E-state index is 0. The molecule has 0 saturated carbocycles. The summed E-state index contributed by atoms with van der Waals surface area (Å²) in [5.41, 5.74) is 15.8. The van der Waals surface area contributed by atoms with E-state index in [9.17, 15) is 0 Å². The molecule has 2 nitrogen and oxygen atoms in total. The topological polar surface area (TPSA) is 18.5 Å². The van der Waals surface area contributed by atoms with Crippen LogP contribution in [0.4, 0.5) is 0 Å². The molecule has 262 valence electrons. The van der Waals surface area contributed by atoms with Gasteiger partial charge in [-0.1, -0.05) is 0 Å². The smallest absolute Gasteiger partial charge is 1.00 e. The Bertz CT molecular complexity index is 1860. The van der Waals surface area contributed by atoms with Crippen molar-refractivity contribution in [2.24, 2.45) is 0 Å². The van der Waals surface area contributed by atoms with Crippen molar-refractivity contribution < 1.29 is 54.7 Å². The van der Waals surface area contributed by atoms with E-state index in [1.165, 1.54) is 44.5 Å². The van der Waals surface area contributed by atoms with Crippen molar-refractivity contribution in [1.29, 1.82) is 0 Å². The van der Waals surface area contributed by atoms with Crippen molar-refractivity contribution in [2.45, 2.75) is 86.6 Å². The molecule has 6 heteroatoms. The molecule has 0 N–H and O–H groups in total. The van der Waals surface area contributed by atoms with Crippen LogP contribution in [0.2, 0.25) is 13.1 Å². The van der Waals surface area contributed by atoms with E-state index in [2.05, 4.69) is 153 Å². The molecule has 2 atom stereocenters. The zero-order valence-electron chi connectivity index (χ0n) is 31.8. The van der Waals surface area contributed by atoms with Crippen LogP contribution in [0.15, 0.2) is 83.9 Å². The molecule has 0 aromatic heterocycles. The molecule has 0 spiro atoms. The fraction of sp³-hybridized carbons (Fsp3) is 0.364. The van der Waals surface area contributed by atoms with E-state index in [1.807, 2.05) is 14.2 Å². The van der Waals surface area contributed by atoms with Crippen molar-refractivity contribution >= 4 is 17.6 Å². The molecule has 4 aromatic rings. The van der Waals surface area contributed by atoms with Crippen LogP contribution in [0.1, 0.15) is 96.0 Å². The maximum atomic E-state index is 6.32. The first-order chi connectivity index (χ1) is 22.7. The van der Waals surface area contributed by atoms with Crippen LogP contribution in [-0.2, 0) is 31.2 Å². The number of hydrogen-bond acceptors (Lipinski definition) is 2. The molecular weight excluding hydrogens is 751 g/mol. The van der Waals surface area contributed by atoms with Crippen LogP contribution in [0, 0.1) is 0 Å². The van der Waals surface area contributed by atoms with Gasteiger partial charge in [0.25, 0.3) is 0 Å². The number of ether oxygens (including phenoxy) is 2. The second kappa shape index (κ2) is 15.3. The molecule has 2 unspecified atom stereocenters. The standard InChI is InChI=1S/2C21H23O.C2H6Si.2ClH.Zr/c2*1-14-11-16-13-18(21(2,3)4)20(22-5)19(17(16)12-14)15-9-7-6-8-10-15;1-3-2;;;/h2*6-13H,1-5H3;1-2H3;2*1H;/q;;;;;+2/p-2. The normalized spacial score (nSPS) is 16.1. The Morgan fingerprint density at radius 1 is 0.580 bits per heavy atom. The minimum Gasteiger partial charge on any atom is -1.00 e. The maximum absolute atomic E-state index is 6.32. The predicted octanol–water partition coefficient (Wildman–Crippen LogP) is 6.13. The van der Waals surface area contributed by atoms with Gasteiger partial charge in [-0.2, -0.15) is 0 Å². The third-order valence-corrected chi connectivity index (χ3v) is 30.2. The van der Waals surface area contributed by atoms with Gasteiger partial charge < -0.3 is 24.8 Å². The SMILES string of the molecule is COc1c(C(C)(C)C)cc2c(c1-c1ccccc1)C=C(C)[CH]2[Zr+2]([CH]1C(C)=Cc2c1cc(C(C)(C)C)c(OC)c2-c1ccccc1)=[Si](C)C.[Cl-].[Cl-]. The fourth-order valence-electron chi connectivity index (χ4n) is 8.19. The number of benzene rings is 4. The largest absolute Gasteiger partial charge is 1.00 e. The van der Waals surface area contributed by atoms with Gasteiger partial charge in [0, 0.05) is 0 Å². The van der Waals surface area contributed by atoms with Crippen molar-refractivity contribution in [3.05, 3.63) is 117 Å². The van der Waals surface area contributed by atoms with Gasteiger partial charge in [-0.15, -0.1) is 0 Å². The second-order valence-electron chi connectivity index (χ2n) is 16.0. The Morgan fingerprint density at radius 2 is 0.920 bits per heavy atom. The van der Waals surface area contributed by atoms with Crippen LogP contribution < -0.4 is 34.3 Å². The molecule has 0 saturated heterocycles. The van der Waals surface area contributed by atoms with Gasteiger partial charge in [0.15, 0.2) is 0 Å². The van der Waals surface area contributed by atoms with Gasteiger partial charge in [-0.05, 0) is 0 Å². The molecule has 4 aromatic carbocycles. The molecule has 6 rings (SSSR count). The van der Waals surface area contributed by atoms with Crippen molar-refractivity contribution in [2.75, 3.05) is 14.2 Å². The van der Waals surface area contributed by atoms with Crippen LogP contribution in [0.3, 0.4) is 0 Å². The first-order valence-electron chi connectivity index (χ1n) is 17.3. The summed E-state index contributed by atoms with van der Waals surface area (Å²) >= 11 is -2.38. The van der Waals surface area contributed by atoms with Gasteiger partial charge in [0.1, 0.15) is 0 Å². The number of methoxy groups -OCH3 is 2. The summed E-state index contributed by atoms with van der Waals surface area (Å²) in [5, 5.41) is 0. The Morgan fingerprint density at radius 3 is 1.20 bits per heavy atom. The second-order valence-corrected chi connectivity index (χ2v) is 33.9. The van der Waals surface area contributed by atoms with Crippen LogP contribution in [-0.4, -0.2) is 19.7 Å². The summed E-state index contributed by atoms with van der Waals surface area (Å²) in [6, 6.07) is 27.0. The molecule has 50 heavy (non-hydrogen) atoms. The fourth-order valence-corrected chi connectivity index (χ4v) is 28.9. The summed E-state index contributed by atoms with van der Waals surface area (Å²) in [5.74, 6) is 2.05. The Balaban J connectivity index is 0.00000281. The molecule has 0 amide bonds. The molecule has 2 aliphatic carbocycles. The van der Waals surface area contributed by atoms with Crippen LogP contribution in [0.5, 0.6) is 11.5 Å². The molecule has 0 heterocycles. The van der Waals surface area contributed by atoms with E-state index in [-0.39, 0.29) is 35.6 Å². The Hall–Kier alpha value is -2.36. The van der Waals surface area contributed by atoms with E-state index >= 15 is 0 Å². The number of rotatable bonds is 6. The van der Waals surface area contributed by atoms with Gasteiger partial charge >= 0.3 is 299 Å². The Kier molecular flexibility index (Phi) is 12.4. The van der Waals surface area contributed by atoms with Gasteiger partial charge in [-0.3, -0.25) is 0 Å². The van der Waals surface area contributed by atoms with Crippen molar-refractivity contribution in [3.8, 4) is 33.8 Å². The molecule has 0 fully saturated rings.